The highest BCUT2D eigenvalue weighted by molar-refractivity contribution is 5.42. The lowest BCUT2D eigenvalue weighted by atomic mass is 10.1. The van der Waals surface area contributed by atoms with Gasteiger partial charge < -0.3 is 10.6 Å². The summed E-state index contributed by atoms with van der Waals surface area (Å²) in [5.74, 6) is -0.313. The van der Waals surface area contributed by atoms with Gasteiger partial charge in [0, 0.05) is 37.0 Å². The standard InChI is InChI=1S/C15H18FN3/c1-19(10-8-13-6-2-3-9-18-13)11-12-5-4-7-14(17)15(12)16/h2-7,9H,8,10-11,17H2,1H3. The van der Waals surface area contributed by atoms with Gasteiger partial charge in [-0.3, -0.25) is 4.98 Å². The number of aromatic nitrogens is 1. The van der Waals surface area contributed by atoms with E-state index in [-0.39, 0.29) is 11.5 Å². The van der Waals surface area contributed by atoms with Crippen molar-refractivity contribution in [1.82, 2.24) is 9.88 Å². The van der Waals surface area contributed by atoms with Crippen LogP contribution >= 0.6 is 0 Å². The smallest absolute Gasteiger partial charge is 0.150 e. The van der Waals surface area contributed by atoms with E-state index in [0.29, 0.717) is 12.1 Å². The fraction of sp³-hybridized carbons (Fsp3) is 0.267. The molecule has 0 fully saturated rings. The number of nitrogen functional groups attached to an aromatic ring is 1. The van der Waals surface area contributed by atoms with Gasteiger partial charge in [-0.05, 0) is 25.2 Å². The maximum atomic E-state index is 13.8. The van der Waals surface area contributed by atoms with Gasteiger partial charge in [0.15, 0.2) is 5.82 Å². The Morgan fingerprint density at radius 2 is 2.05 bits per heavy atom. The second kappa shape index (κ2) is 6.29. The third-order valence-corrected chi connectivity index (χ3v) is 3.02. The van der Waals surface area contributed by atoms with Crippen molar-refractivity contribution < 1.29 is 4.39 Å². The van der Waals surface area contributed by atoms with Gasteiger partial charge in [-0.1, -0.05) is 18.2 Å². The maximum Gasteiger partial charge on any atom is 0.150 e. The van der Waals surface area contributed by atoms with Gasteiger partial charge in [0.2, 0.25) is 0 Å². The Kier molecular flexibility index (Phi) is 4.47. The first-order chi connectivity index (χ1) is 9.16. The van der Waals surface area contributed by atoms with E-state index in [4.69, 9.17) is 5.73 Å². The molecule has 0 aliphatic carbocycles. The second-order valence-corrected chi connectivity index (χ2v) is 4.63. The van der Waals surface area contributed by atoms with Crippen LogP contribution in [0.15, 0.2) is 42.6 Å². The molecule has 0 spiro atoms. The first-order valence-corrected chi connectivity index (χ1v) is 6.28. The fourth-order valence-corrected chi connectivity index (χ4v) is 1.94. The number of hydrogen-bond acceptors (Lipinski definition) is 3. The van der Waals surface area contributed by atoms with E-state index in [1.807, 2.05) is 25.2 Å². The summed E-state index contributed by atoms with van der Waals surface area (Å²) in [6, 6.07) is 11.0. The summed E-state index contributed by atoms with van der Waals surface area (Å²) in [7, 11) is 1.96. The molecular formula is C15H18FN3. The Morgan fingerprint density at radius 1 is 1.21 bits per heavy atom. The van der Waals surface area contributed by atoms with Crippen LogP contribution in [0.2, 0.25) is 0 Å². The normalized spacial score (nSPS) is 10.9. The summed E-state index contributed by atoms with van der Waals surface area (Å²) < 4.78 is 13.8. The average Bonchev–Trinajstić information content (AvgIpc) is 2.43. The summed E-state index contributed by atoms with van der Waals surface area (Å²) >= 11 is 0. The average molecular weight is 259 g/mol. The molecule has 0 amide bonds. The Bertz CT molecular complexity index is 528. The number of halogens is 1. The molecule has 0 saturated carbocycles. The van der Waals surface area contributed by atoms with Crippen LogP contribution in [0.3, 0.4) is 0 Å². The minimum Gasteiger partial charge on any atom is -0.396 e. The minimum absolute atomic E-state index is 0.204. The zero-order chi connectivity index (χ0) is 13.7. The lowest BCUT2D eigenvalue weighted by molar-refractivity contribution is 0.324. The molecule has 100 valence electrons. The van der Waals surface area contributed by atoms with E-state index < -0.39 is 0 Å². The molecule has 0 unspecified atom stereocenters. The molecule has 1 heterocycles. The van der Waals surface area contributed by atoms with Crippen LogP contribution in [0.1, 0.15) is 11.3 Å². The van der Waals surface area contributed by atoms with Crippen LogP contribution in [0.4, 0.5) is 10.1 Å². The molecule has 0 aliphatic heterocycles. The molecule has 0 saturated heterocycles. The molecule has 0 atom stereocenters. The largest absolute Gasteiger partial charge is 0.396 e. The monoisotopic (exact) mass is 259 g/mol. The molecule has 19 heavy (non-hydrogen) atoms. The van der Waals surface area contributed by atoms with Crippen molar-refractivity contribution in [2.45, 2.75) is 13.0 Å². The number of nitrogens with two attached hydrogens (primary N) is 1. The van der Waals surface area contributed by atoms with E-state index in [1.54, 1.807) is 24.4 Å². The Labute approximate surface area is 112 Å². The lowest BCUT2D eigenvalue weighted by Gasteiger charge is -2.17. The highest BCUT2D eigenvalue weighted by Crippen LogP contribution is 2.16. The maximum absolute atomic E-state index is 13.8. The molecule has 2 rings (SSSR count). The number of pyridine rings is 1. The molecule has 2 aromatic rings. The molecule has 3 nitrogen and oxygen atoms in total. The van der Waals surface area contributed by atoms with Crippen LogP contribution in [0, 0.1) is 5.82 Å². The van der Waals surface area contributed by atoms with Crippen molar-refractivity contribution >= 4 is 5.69 Å². The molecule has 4 heteroatoms. The molecule has 1 aromatic heterocycles. The summed E-state index contributed by atoms with van der Waals surface area (Å²) in [6.45, 7) is 1.37. The topological polar surface area (TPSA) is 42.2 Å². The van der Waals surface area contributed by atoms with Crippen LogP contribution < -0.4 is 5.73 Å². The molecule has 0 aliphatic rings. The van der Waals surface area contributed by atoms with Crippen LogP contribution in [0.25, 0.3) is 0 Å². The predicted molar refractivity (Wildman–Crippen MR) is 75.1 cm³/mol. The van der Waals surface area contributed by atoms with Crippen molar-refractivity contribution in [2.24, 2.45) is 0 Å². The van der Waals surface area contributed by atoms with Crippen molar-refractivity contribution in [2.75, 3.05) is 19.3 Å². The minimum atomic E-state index is -0.313. The Hall–Kier alpha value is -1.94. The third kappa shape index (κ3) is 3.76. The number of likely N-dealkylation sites (N-methyl/N-ethyl adjacent to an activating group) is 1. The molecule has 1 aromatic carbocycles. The van der Waals surface area contributed by atoms with Crippen LogP contribution in [-0.2, 0) is 13.0 Å². The zero-order valence-electron chi connectivity index (χ0n) is 11.0. The molecular weight excluding hydrogens is 241 g/mol. The van der Waals surface area contributed by atoms with Crippen molar-refractivity contribution in [1.29, 1.82) is 0 Å². The fourth-order valence-electron chi connectivity index (χ4n) is 1.94. The SMILES string of the molecule is CN(CCc1ccccn1)Cc1cccc(N)c1F. The van der Waals surface area contributed by atoms with Crippen molar-refractivity contribution in [3.8, 4) is 0 Å². The van der Waals surface area contributed by atoms with Crippen molar-refractivity contribution in [3.05, 3.63) is 59.7 Å². The highest BCUT2D eigenvalue weighted by atomic mass is 19.1. The number of hydrogen-bond donors (Lipinski definition) is 1. The van der Waals surface area contributed by atoms with Crippen LogP contribution in [0.5, 0.6) is 0 Å². The second-order valence-electron chi connectivity index (χ2n) is 4.63. The summed E-state index contributed by atoms with van der Waals surface area (Å²) in [6.07, 6.45) is 2.63. The number of benzene rings is 1. The lowest BCUT2D eigenvalue weighted by Crippen LogP contribution is -2.21. The Morgan fingerprint density at radius 3 is 2.79 bits per heavy atom. The first-order valence-electron chi connectivity index (χ1n) is 6.28. The van der Waals surface area contributed by atoms with E-state index in [1.165, 1.54) is 0 Å². The zero-order valence-corrected chi connectivity index (χ0v) is 11.0. The third-order valence-electron chi connectivity index (χ3n) is 3.02. The molecule has 0 radical (unpaired) electrons. The Balaban J connectivity index is 1.91. The van der Waals surface area contributed by atoms with E-state index in [9.17, 15) is 4.39 Å². The van der Waals surface area contributed by atoms with Gasteiger partial charge in [-0.2, -0.15) is 0 Å². The van der Waals surface area contributed by atoms with Gasteiger partial charge in [0.1, 0.15) is 0 Å². The quantitative estimate of drug-likeness (QED) is 0.839. The predicted octanol–water partition coefficient (Wildman–Crippen LogP) is 2.48. The van der Waals surface area contributed by atoms with Gasteiger partial charge >= 0.3 is 0 Å². The van der Waals surface area contributed by atoms with Crippen molar-refractivity contribution in [3.63, 3.8) is 0 Å². The first kappa shape index (κ1) is 13.5. The van der Waals surface area contributed by atoms with Gasteiger partial charge in [0.05, 0.1) is 5.69 Å². The summed E-state index contributed by atoms with van der Waals surface area (Å²) in [5.41, 5.74) is 7.43. The molecule has 2 N–H and O–H groups in total. The van der Waals surface area contributed by atoms with Gasteiger partial charge in [0.25, 0.3) is 0 Å². The number of nitrogens with zero attached hydrogens (tertiary/aromatic N) is 2. The summed E-state index contributed by atoms with van der Waals surface area (Å²) in [5, 5.41) is 0. The number of anilines is 1. The highest BCUT2D eigenvalue weighted by Gasteiger charge is 2.08. The van der Waals surface area contributed by atoms with E-state index >= 15 is 0 Å². The van der Waals surface area contributed by atoms with E-state index in [2.05, 4.69) is 9.88 Å². The number of rotatable bonds is 5. The summed E-state index contributed by atoms with van der Waals surface area (Å²) in [4.78, 5) is 6.33. The van der Waals surface area contributed by atoms with Crippen LogP contribution in [-0.4, -0.2) is 23.5 Å². The molecule has 0 bridgehead atoms. The van der Waals surface area contributed by atoms with Gasteiger partial charge in [-0.15, -0.1) is 0 Å². The van der Waals surface area contributed by atoms with Gasteiger partial charge in [-0.25, -0.2) is 4.39 Å². The van der Waals surface area contributed by atoms with E-state index in [0.717, 1.165) is 18.7 Å².